The Bertz CT molecular complexity index is 1340. The van der Waals surface area contributed by atoms with E-state index in [1.807, 2.05) is 27.0 Å². The number of rotatable bonds is 10. The molecule has 1 aliphatic rings. The standard InChI is InChI=1S/C27H32N4O4S/c1-4-15-31(26-16-19(2)29-30(26)3)27(33)22-9-11-23(12-10-22)28-25(32)17-20-7-13-24(14-8-20)36(34,35)18-21-5-6-21/h7-14,16,21H,4-6,15,17-18H2,1-3H3,(H,28,32). The molecule has 4 rings (SSSR count). The van der Waals surface area contributed by atoms with Crippen molar-refractivity contribution in [2.24, 2.45) is 13.0 Å². The maximum atomic E-state index is 13.2. The first kappa shape index (κ1) is 25.6. The Labute approximate surface area is 212 Å². The Morgan fingerprint density at radius 3 is 2.31 bits per heavy atom. The first-order valence-electron chi connectivity index (χ1n) is 12.2. The molecule has 36 heavy (non-hydrogen) atoms. The van der Waals surface area contributed by atoms with Gasteiger partial charge in [-0.05, 0) is 74.1 Å². The monoisotopic (exact) mass is 508 g/mol. The van der Waals surface area contributed by atoms with Crippen molar-refractivity contribution in [3.8, 4) is 0 Å². The molecule has 9 heteroatoms. The minimum Gasteiger partial charge on any atom is -0.326 e. The first-order valence-corrected chi connectivity index (χ1v) is 13.9. The molecular weight excluding hydrogens is 476 g/mol. The lowest BCUT2D eigenvalue weighted by Crippen LogP contribution is -2.33. The molecule has 2 aromatic carbocycles. The van der Waals surface area contributed by atoms with Crippen molar-refractivity contribution in [1.82, 2.24) is 9.78 Å². The molecule has 1 aliphatic carbocycles. The molecule has 1 saturated carbocycles. The summed E-state index contributed by atoms with van der Waals surface area (Å²) in [5, 5.41) is 7.19. The highest BCUT2D eigenvalue weighted by Gasteiger charge is 2.29. The summed E-state index contributed by atoms with van der Waals surface area (Å²) in [7, 11) is -1.45. The third kappa shape index (κ3) is 6.20. The van der Waals surface area contributed by atoms with E-state index in [0.717, 1.165) is 36.3 Å². The summed E-state index contributed by atoms with van der Waals surface area (Å²) >= 11 is 0. The van der Waals surface area contributed by atoms with Gasteiger partial charge in [-0.2, -0.15) is 5.10 Å². The second-order valence-electron chi connectivity index (χ2n) is 9.40. The normalized spacial score (nSPS) is 13.4. The Morgan fingerprint density at radius 1 is 1.08 bits per heavy atom. The van der Waals surface area contributed by atoms with Crippen LogP contribution in [0.3, 0.4) is 0 Å². The van der Waals surface area contributed by atoms with Gasteiger partial charge in [0, 0.05) is 30.9 Å². The van der Waals surface area contributed by atoms with Gasteiger partial charge in [0.1, 0.15) is 5.82 Å². The number of aryl methyl sites for hydroxylation is 2. The maximum Gasteiger partial charge on any atom is 0.259 e. The zero-order chi connectivity index (χ0) is 25.9. The van der Waals surface area contributed by atoms with Crippen LogP contribution in [0.2, 0.25) is 0 Å². The molecule has 0 spiro atoms. The van der Waals surface area contributed by atoms with E-state index in [4.69, 9.17) is 0 Å². The van der Waals surface area contributed by atoms with Gasteiger partial charge in [-0.3, -0.25) is 19.2 Å². The van der Waals surface area contributed by atoms with E-state index in [-0.39, 0.29) is 29.9 Å². The van der Waals surface area contributed by atoms with Gasteiger partial charge < -0.3 is 5.32 Å². The SMILES string of the molecule is CCCN(C(=O)c1ccc(NC(=O)Cc2ccc(S(=O)(=O)CC3CC3)cc2)cc1)c1cc(C)nn1C. The van der Waals surface area contributed by atoms with Crippen LogP contribution in [-0.4, -0.2) is 42.3 Å². The molecule has 1 aromatic heterocycles. The highest BCUT2D eigenvalue weighted by molar-refractivity contribution is 7.91. The number of aromatic nitrogens is 2. The van der Waals surface area contributed by atoms with Gasteiger partial charge in [0.25, 0.3) is 5.91 Å². The van der Waals surface area contributed by atoms with E-state index in [0.29, 0.717) is 22.7 Å². The molecule has 0 bridgehead atoms. The minimum absolute atomic E-state index is 0.119. The summed E-state index contributed by atoms with van der Waals surface area (Å²) in [6.45, 7) is 4.47. The number of sulfone groups is 1. The van der Waals surface area contributed by atoms with Crippen LogP contribution in [0.15, 0.2) is 59.5 Å². The number of hydrogen-bond acceptors (Lipinski definition) is 5. The number of benzene rings is 2. The number of carbonyl (C=O) groups is 2. The molecule has 0 atom stereocenters. The van der Waals surface area contributed by atoms with Crippen LogP contribution in [0, 0.1) is 12.8 Å². The molecular formula is C27H32N4O4S. The molecule has 0 radical (unpaired) electrons. The molecule has 190 valence electrons. The van der Waals surface area contributed by atoms with Gasteiger partial charge in [-0.1, -0.05) is 19.1 Å². The summed E-state index contributed by atoms with van der Waals surface area (Å²) in [6, 6.07) is 15.2. The lowest BCUT2D eigenvalue weighted by Gasteiger charge is -2.22. The van der Waals surface area contributed by atoms with E-state index < -0.39 is 9.84 Å². The summed E-state index contributed by atoms with van der Waals surface area (Å²) in [6.07, 6.45) is 2.88. The van der Waals surface area contributed by atoms with Gasteiger partial charge >= 0.3 is 0 Å². The van der Waals surface area contributed by atoms with Crippen LogP contribution >= 0.6 is 0 Å². The predicted molar refractivity (Wildman–Crippen MR) is 140 cm³/mol. The molecule has 0 unspecified atom stereocenters. The van der Waals surface area contributed by atoms with Gasteiger partial charge in [-0.15, -0.1) is 0 Å². The molecule has 2 amide bonds. The van der Waals surface area contributed by atoms with Crippen molar-refractivity contribution >= 4 is 33.2 Å². The van der Waals surface area contributed by atoms with Crippen LogP contribution in [0.25, 0.3) is 0 Å². The fourth-order valence-corrected chi connectivity index (χ4v) is 5.84. The van der Waals surface area contributed by atoms with Gasteiger partial charge in [-0.25, -0.2) is 8.42 Å². The fraction of sp³-hybridized carbons (Fsp3) is 0.370. The highest BCUT2D eigenvalue weighted by Crippen LogP contribution is 2.32. The zero-order valence-corrected chi connectivity index (χ0v) is 21.7. The summed E-state index contributed by atoms with van der Waals surface area (Å²) in [4.78, 5) is 27.7. The topological polar surface area (TPSA) is 101 Å². The molecule has 8 nitrogen and oxygen atoms in total. The number of carbonyl (C=O) groups excluding carboxylic acids is 2. The van der Waals surface area contributed by atoms with Crippen LogP contribution in [0.1, 0.15) is 47.8 Å². The quantitative estimate of drug-likeness (QED) is 0.443. The Balaban J connectivity index is 1.37. The first-order chi connectivity index (χ1) is 17.2. The summed E-state index contributed by atoms with van der Waals surface area (Å²) < 4.78 is 26.5. The molecule has 1 fully saturated rings. The number of hydrogen-bond donors (Lipinski definition) is 1. The molecule has 3 aromatic rings. The average Bonchev–Trinajstić information content (AvgIpc) is 3.58. The van der Waals surface area contributed by atoms with Gasteiger partial charge in [0.2, 0.25) is 5.91 Å². The lowest BCUT2D eigenvalue weighted by molar-refractivity contribution is -0.115. The Morgan fingerprint density at radius 2 is 1.75 bits per heavy atom. The smallest absolute Gasteiger partial charge is 0.259 e. The van der Waals surface area contributed by atoms with E-state index in [1.54, 1.807) is 58.1 Å². The molecule has 0 aliphatic heterocycles. The van der Waals surface area contributed by atoms with E-state index in [2.05, 4.69) is 10.4 Å². The van der Waals surface area contributed by atoms with Crippen LogP contribution in [-0.2, 0) is 28.1 Å². The largest absolute Gasteiger partial charge is 0.326 e. The second kappa shape index (κ2) is 10.7. The zero-order valence-electron chi connectivity index (χ0n) is 20.9. The van der Waals surface area contributed by atoms with Crippen molar-refractivity contribution in [2.45, 2.75) is 44.4 Å². The number of anilines is 2. The summed E-state index contributed by atoms with van der Waals surface area (Å²) in [5.41, 5.74) is 2.67. The van der Waals surface area contributed by atoms with E-state index in [9.17, 15) is 18.0 Å². The van der Waals surface area contributed by atoms with Crippen molar-refractivity contribution in [2.75, 3.05) is 22.5 Å². The van der Waals surface area contributed by atoms with Crippen LogP contribution in [0.5, 0.6) is 0 Å². The lowest BCUT2D eigenvalue weighted by atomic mass is 10.1. The molecule has 0 saturated heterocycles. The Kier molecular flexibility index (Phi) is 7.59. The van der Waals surface area contributed by atoms with E-state index >= 15 is 0 Å². The average molecular weight is 509 g/mol. The maximum absolute atomic E-state index is 13.2. The van der Waals surface area contributed by atoms with Crippen molar-refractivity contribution in [3.05, 3.63) is 71.4 Å². The third-order valence-corrected chi connectivity index (χ3v) is 8.06. The van der Waals surface area contributed by atoms with Crippen molar-refractivity contribution < 1.29 is 18.0 Å². The van der Waals surface area contributed by atoms with E-state index in [1.165, 1.54) is 0 Å². The van der Waals surface area contributed by atoms with Crippen LogP contribution < -0.4 is 10.2 Å². The van der Waals surface area contributed by atoms with Crippen LogP contribution in [0.4, 0.5) is 11.5 Å². The summed E-state index contributed by atoms with van der Waals surface area (Å²) in [5.74, 6) is 0.873. The molecule has 1 N–H and O–H groups in total. The molecule has 1 heterocycles. The van der Waals surface area contributed by atoms with Gasteiger partial charge in [0.05, 0.1) is 22.8 Å². The number of amides is 2. The fourth-order valence-electron chi connectivity index (χ4n) is 4.14. The number of nitrogens with zero attached hydrogens (tertiary/aromatic N) is 3. The Hall–Kier alpha value is -3.46. The highest BCUT2D eigenvalue weighted by atomic mass is 32.2. The number of nitrogens with one attached hydrogen (secondary N) is 1. The van der Waals surface area contributed by atoms with Crippen molar-refractivity contribution in [3.63, 3.8) is 0 Å². The minimum atomic E-state index is -3.27. The van der Waals surface area contributed by atoms with Gasteiger partial charge in [0.15, 0.2) is 9.84 Å². The van der Waals surface area contributed by atoms with Crippen molar-refractivity contribution in [1.29, 1.82) is 0 Å². The second-order valence-corrected chi connectivity index (χ2v) is 11.4. The third-order valence-electron chi connectivity index (χ3n) is 6.16. The predicted octanol–water partition coefficient (Wildman–Crippen LogP) is 4.15.